The van der Waals surface area contributed by atoms with Crippen LogP contribution in [-0.2, 0) is 17.3 Å². The molecule has 3 aromatic carbocycles. The van der Waals surface area contributed by atoms with Gasteiger partial charge in [0.15, 0.2) is 0 Å². The van der Waals surface area contributed by atoms with Crippen LogP contribution in [0.15, 0.2) is 76.5 Å². The molecule has 2 amide bonds. The molecule has 3 aromatic rings. The highest BCUT2D eigenvalue weighted by atomic mass is 32.2. The molecule has 2 aliphatic rings. The summed E-state index contributed by atoms with van der Waals surface area (Å²) in [5.74, 6) is -0.749. The third-order valence-corrected chi connectivity index (χ3v) is 8.08. The van der Waals surface area contributed by atoms with Crippen molar-refractivity contribution in [3.8, 4) is 0 Å². The van der Waals surface area contributed by atoms with Crippen LogP contribution in [0.1, 0.15) is 52.5 Å². The number of hydrogen-bond donors (Lipinski definition) is 0. The molecular formula is C27H25FN2O3S. The van der Waals surface area contributed by atoms with E-state index in [-0.39, 0.29) is 30.2 Å². The lowest BCUT2D eigenvalue weighted by Crippen LogP contribution is -2.42. The van der Waals surface area contributed by atoms with E-state index >= 15 is 0 Å². The number of carbonyl (C=O) groups excluding carboxylic acids is 2. The molecule has 1 saturated heterocycles. The Bertz CT molecular complexity index is 1290. The minimum atomic E-state index is -1.59. The second-order valence-electron chi connectivity index (χ2n) is 8.81. The Morgan fingerprint density at radius 3 is 2.56 bits per heavy atom. The number of amides is 2. The summed E-state index contributed by atoms with van der Waals surface area (Å²) in [4.78, 5) is 31.4. The molecule has 0 radical (unpaired) electrons. The molecule has 2 aliphatic heterocycles. The van der Waals surface area contributed by atoms with Gasteiger partial charge in [-0.25, -0.2) is 8.60 Å². The highest BCUT2D eigenvalue weighted by Crippen LogP contribution is 2.36. The van der Waals surface area contributed by atoms with E-state index in [1.807, 2.05) is 4.90 Å². The smallest absolute Gasteiger partial charge is 0.259 e. The average Bonchev–Trinajstić information content (AvgIpc) is 2.94. The van der Waals surface area contributed by atoms with Gasteiger partial charge >= 0.3 is 0 Å². The lowest BCUT2D eigenvalue weighted by atomic mass is 10.0. The van der Waals surface area contributed by atoms with Gasteiger partial charge in [-0.3, -0.25) is 9.59 Å². The molecule has 34 heavy (non-hydrogen) atoms. The number of hydrogen-bond acceptors (Lipinski definition) is 3. The van der Waals surface area contributed by atoms with E-state index in [2.05, 4.69) is 6.92 Å². The van der Waals surface area contributed by atoms with Gasteiger partial charge in [-0.2, -0.15) is 0 Å². The lowest BCUT2D eigenvalue weighted by Gasteiger charge is -2.33. The molecule has 7 heteroatoms. The quantitative estimate of drug-likeness (QED) is 0.524. The monoisotopic (exact) mass is 476 g/mol. The first-order valence-corrected chi connectivity index (χ1v) is 12.6. The third-order valence-electron chi connectivity index (χ3n) is 6.58. The first-order chi connectivity index (χ1) is 16.4. The summed E-state index contributed by atoms with van der Waals surface area (Å²) in [6, 6.07) is 18.0. The molecular weight excluding hydrogens is 451 g/mol. The minimum absolute atomic E-state index is 0.0864. The normalized spacial score (nSPS) is 19.9. The van der Waals surface area contributed by atoms with Gasteiger partial charge in [0, 0.05) is 18.2 Å². The van der Waals surface area contributed by atoms with Crippen molar-refractivity contribution < 1.29 is 18.2 Å². The molecule has 0 N–H and O–H groups in total. The van der Waals surface area contributed by atoms with Gasteiger partial charge in [0.05, 0.1) is 38.4 Å². The second-order valence-corrected chi connectivity index (χ2v) is 10.2. The standard InChI is InChI=1S/C27H25FN2O3S/c1-18-6-4-5-15-29(18)26(31)20-11-14-25-23(16-20)30(17-19-9-12-21(28)13-10-19)27(32)22-7-2-3-8-24(22)34(25)33/h2-3,7-14,16,18H,4-6,15,17H2,1H3/t18-,34-/m0/s1. The predicted octanol–water partition coefficient (Wildman–Crippen LogP) is 5.17. The highest BCUT2D eigenvalue weighted by Gasteiger charge is 2.32. The Hall–Kier alpha value is -3.32. The Morgan fingerprint density at radius 2 is 1.79 bits per heavy atom. The summed E-state index contributed by atoms with van der Waals surface area (Å²) >= 11 is 0. The maximum absolute atomic E-state index is 13.7. The molecule has 0 spiro atoms. The molecule has 2 atom stereocenters. The summed E-state index contributed by atoms with van der Waals surface area (Å²) in [5.41, 5.74) is 2.00. The zero-order valence-corrected chi connectivity index (χ0v) is 19.7. The number of rotatable bonds is 3. The Morgan fingerprint density at radius 1 is 1.03 bits per heavy atom. The molecule has 0 unspecified atom stereocenters. The van der Waals surface area contributed by atoms with Crippen LogP contribution in [0.3, 0.4) is 0 Å². The predicted molar refractivity (Wildman–Crippen MR) is 129 cm³/mol. The van der Waals surface area contributed by atoms with E-state index in [0.717, 1.165) is 24.8 Å². The van der Waals surface area contributed by atoms with Crippen molar-refractivity contribution >= 4 is 28.3 Å². The summed E-state index contributed by atoms with van der Waals surface area (Å²) < 4.78 is 27.0. The van der Waals surface area contributed by atoms with Gasteiger partial charge in [0.2, 0.25) is 0 Å². The minimum Gasteiger partial charge on any atom is -0.336 e. The zero-order valence-electron chi connectivity index (χ0n) is 18.9. The van der Waals surface area contributed by atoms with Crippen molar-refractivity contribution in [2.24, 2.45) is 0 Å². The Balaban J connectivity index is 1.62. The number of carbonyl (C=O) groups is 2. The number of piperidine rings is 1. The van der Waals surface area contributed by atoms with Gasteiger partial charge in [-0.05, 0) is 74.2 Å². The Labute approximate surface area is 200 Å². The molecule has 2 heterocycles. The van der Waals surface area contributed by atoms with Crippen LogP contribution in [0.4, 0.5) is 10.1 Å². The van der Waals surface area contributed by atoms with Crippen molar-refractivity contribution in [3.05, 3.63) is 89.2 Å². The summed E-state index contributed by atoms with van der Waals surface area (Å²) in [6.45, 7) is 2.92. The second kappa shape index (κ2) is 9.14. The number of benzene rings is 3. The van der Waals surface area contributed by atoms with E-state index in [1.165, 1.54) is 12.1 Å². The summed E-state index contributed by atoms with van der Waals surface area (Å²) in [5, 5.41) is 0. The van der Waals surface area contributed by atoms with E-state index in [1.54, 1.807) is 59.5 Å². The van der Waals surface area contributed by atoms with Gasteiger partial charge < -0.3 is 9.80 Å². The molecule has 174 valence electrons. The number of fused-ring (bicyclic) bond motifs is 2. The molecule has 0 aromatic heterocycles. The van der Waals surface area contributed by atoms with Gasteiger partial charge in [0.1, 0.15) is 5.82 Å². The van der Waals surface area contributed by atoms with Gasteiger partial charge in [-0.1, -0.05) is 24.3 Å². The molecule has 5 nitrogen and oxygen atoms in total. The van der Waals surface area contributed by atoms with Crippen molar-refractivity contribution in [3.63, 3.8) is 0 Å². The number of halogens is 1. The van der Waals surface area contributed by atoms with E-state index in [4.69, 9.17) is 0 Å². The van der Waals surface area contributed by atoms with Gasteiger partial charge in [-0.15, -0.1) is 0 Å². The highest BCUT2D eigenvalue weighted by molar-refractivity contribution is 7.85. The Kier molecular flexibility index (Phi) is 6.04. The van der Waals surface area contributed by atoms with Crippen LogP contribution < -0.4 is 4.90 Å². The van der Waals surface area contributed by atoms with Crippen LogP contribution in [0, 0.1) is 5.82 Å². The van der Waals surface area contributed by atoms with Crippen molar-refractivity contribution in [2.75, 3.05) is 11.4 Å². The van der Waals surface area contributed by atoms with E-state index in [9.17, 15) is 18.2 Å². The fourth-order valence-corrected chi connectivity index (χ4v) is 6.04. The number of nitrogens with zero attached hydrogens (tertiary/aromatic N) is 2. The zero-order chi connectivity index (χ0) is 23.8. The van der Waals surface area contributed by atoms with Crippen molar-refractivity contribution in [1.82, 2.24) is 4.90 Å². The first-order valence-electron chi connectivity index (χ1n) is 11.5. The number of anilines is 1. The molecule has 1 fully saturated rings. The van der Waals surface area contributed by atoms with E-state index in [0.29, 0.717) is 33.2 Å². The fourth-order valence-electron chi connectivity index (χ4n) is 4.69. The van der Waals surface area contributed by atoms with Crippen LogP contribution >= 0.6 is 0 Å². The number of likely N-dealkylation sites (tertiary alicyclic amines) is 1. The largest absolute Gasteiger partial charge is 0.336 e. The SMILES string of the molecule is C[C@H]1CCCCN1C(=O)c1ccc2c(c1)N(Cc1ccc(F)cc1)C(=O)c1ccccc1[S@@]2=O. The van der Waals surface area contributed by atoms with E-state index < -0.39 is 10.8 Å². The van der Waals surface area contributed by atoms with Crippen molar-refractivity contribution in [2.45, 2.75) is 48.6 Å². The van der Waals surface area contributed by atoms with Crippen molar-refractivity contribution in [1.29, 1.82) is 0 Å². The maximum atomic E-state index is 13.7. The fraction of sp³-hybridized carbons (Fsp3) is 0.259. The lowest BCUT2D eigenvalue weighted by molar-refractivity contribution is 0.0635. The summed E-state index contributed by atoms with van der Waals surface area (Å²) in [6.07, 6.45) is 3.03. The topological polar surface area (TPSA) is 57.7 Å². The first kappa shape index (κ1) is 22.5. The third kappa shape index (κ3) is 4.05. The molecule has 0 aliphatic carbocycles. The van der Waals surface area contributed by atoms with Gasteiger partial charge in [0.25, 0.3) is 11.8 Å². The maximum Gasteiger partial charge on any atom is 0.259 e. The molecule has 0 saturated carbocycles. The van der Waals surface area contributed by atoms with Crippen LogP contribution in [0.25, 0.3) is 0 Å². The average molecular weight is 477 g/mol. The molecule has 0 bridgehead atoms. The summed E-state index contributed by atoms with van der Waals surface area (Å²) in [7, 11) is -1.59. The molecule has 5 rings (SSSR count). The van der Waals surface area contributed by atoms with Crippen LogP contribution in [0.2, 0.25) is 0 Å². The van der Waals surface area contributed by atoms with Crippen LogP contribution in [-0.4, -0.2) is 33.5 Å². The van der Waals surface area contributed by atoms with Crippen LogP contribution in [0.5, 0.6) is 0 Å².